The lowest BCUT2D eigenvalue weighted by atomic mass is 10.2. The molecule has 1 atom stereocenters. The number of nitrogens with one attached hydrogen (secondary N) is 1. The molecule has 1 aromatic rings. The minimum Gasteiger partial charge on any atom is -0.316 e. The second-order valence-corrected chi connectivity index (χ2v) is 6.86. The van der Waals surface area contributed by atoms with Gasteiger partial charge in [0.2, 0.25) is 10.0 Å². The van der Waals surface area contributed by atoms with Gasteiger partial charge in [-0.1, -0.05) is 37.3 Å². The second kappa shape index (κ2) is 6.87. The Balaban J connectivity index is 2.67. The van der Waals surface area contributed by atoms with Crippen molar-refractivity contribution in [1.29, 1.82) is 0 Å². The summed E-state index contributed by atoms with van der Waals surface area (Å²) in [4.78, 5) is 0. The Labute approximate surface area is 110 Å². The Hall–Kier alpha value is -0.910. The Bertz CT molecular complexity index is 445. The van der Waals surface area contributed by atoms with Crippen molar-refractivity contribution < 1.29 is 8.42 Å². The van der Waals surface area contributed by atoms with Crippen LogP contribution in [-0.4, -0.2) is 38.1 Å². The van der Waals surface area contributed by atoms with E-state index in [2.05, 4.69) is 5.32 Å². The van der Waals surface area contributed by atoms with Crippen molar-refractivity contribution >= 4 is 10.0 Å². The predicted octanol–water partition coefficient (Wildman–Crippen LogP) is 1.45. The number of nitrogens with zero attached hydrogens (tertiary/aromatic N) is 1. The van der Waals surface area contributed by atoms with E-state index in [1.165, 1.54) is 4.31 Å². The minimum absolute atomic E-state index is 0.411. The molecule has 0 aliphatic rings. The third kappa shape index (κ3) is 4.08. The molecule has 5 heteroatoms. The van der Waals surface area contributed by atoms with Crippen molar-refractivity contribution in [2.45, 2.75) is 25.6 Å². The molecule has 0 saturated heterocycles. The van der Waals surface area contributed by atoms with Gasteiger partial charge in [-0.25, -0.2) is 12.7 Å². The summed E-state index contributed by atoms with van der Waals surface area (Å²) in [5.41, 5.74) is 0.999. The minimum atomic E-state index is -3.24. The molecule has 0 aromatic heterocycles. The zero-order valence-electron chi connectivity index (χ0n) is 11.3. The number of benzene rings is 1. The quantitative estimate of drug-likeness (QED) is 0.816. The van der Waals surface area contributed by atoms with Crippen LogP contribution >= 0.6 is 0 Å². The molecule has 4 nitrogen and oxygen atoms in total. The molecular weight excluding hydrogens is 248 g/mol. The third-order valence-electron chi connectivity index (χ3n) is 2.87. The maximum atomic E-state index is 12.2. The first-order valence-electron chi connectivity index (χ1n) is 6.18. The van der Waals surface area contributed by atoms with E-state index < -0.39 is 15.3 Å². The van der Waals surface area contributed by atoms with E-state index in [0.29, 0.717) is 13.1 Å². The van der Waals surface area contributed by atoms with Crippen LogP contribution < -0.4 is 5.32 Å². The van der Waals surface area contributed by atoms with Gasteiger partial charge in [0.05, 0.1) is 5.25 Å². The molecule has 0 amide bonds. The molecule has 18 heavy (non-hydrogen) atoms. The molecule has 0 radical (unpaired) electrons. The Morgan fingerprint density at radius 1 is 1.28 bits per heavy atom. The van der Waals surface area contributed by atoms with Crippen molar-refractivity contribution in [2.24, 2.45) is 0 Å². The van der Waals surface area contributed by atoms with E-state index in [1.54, 1.807) is 14.0 Å². The molecule has 0 aliphatic heterocycles. The molecule has 1 unspecified atom stereocenters. The Morgan fingerprint density at radius 3 is 2.44 bits per heavy atom. The molecule has 0 fully saturated rings. The molecule has 0 spiro atoms. The van der Waals surface area contributed by atoms with E-state index in [1.807, 2.05) is 37.3 Å². The maximum Gasteiger partial charge on any atom is 0.218 e. The molecule has 1 rings (SSSR count). The van der Waals surface area contributed by atoms with Gasteiger partial charge in [-0.05, 0) is 19.0 Å². The van der Waals surface area contributed by atoms with E-state index in [0.717, 1.165) is 12.1 Å². The lowest BCUT2D eigenvalue weighted by molar-refractivity contribution is 0.454. The van der Waals surface area contributed by atoms with Crippen molar-refractivity contribution in [3.05, 3.63) is 35.9 Å². The van der Waals surface area contributed by atoms with Crippen LogP contribution in [0.5, 0.6) is 0 Å². The highest BCUT2D eigenvalue weighted by Crippen LogP contribution is 2.11. The van der Waals surface area contributed by atoms with Crippen molar-refractivity contribution in [3.8, 4) is 0 Å². The lowest BCUT2D eigenvalue weighted by Gasteiger charge is -2.22. The molecular formula is C13H22N2O2S. The van der Waals surface area contributed by atoms with Crippen LogP contribution in [0.2, 0.25) is 0 Å². The lowest BCUT2D eigenvalue weighted by Crippen LogP contribution is -2.39. The molecule has 102 valence electrons. The number of rotatable bonds is 7. The van der Waals surface area contributed by atoms with Crippen molar-refractivity contribution in [2.75, 3.05) is 20.1 Å². The average Bonchev–Trinajstić information content (AvgIpc) is 2.36. The normalized spacial score (nSPS) is 13.8. The summed E-state index contributed by atoms with van der Waals surface area (Å²) in [6.07, 6.45) is 0. The molecule has 0 aliphatic carbocycles. The molecule has 0 bridgehead atoms. The Morgan fingerprint density at radius 2 is 1.89 bits per heavy atom. The number of hydrogen-bond donors (Lipinski definition) is 1. The van der Waals surface area contributed by atoms with Gasteiger partial charge in [0.1, 0.15) is 0 Å². The van der Waals surface area contributed by atoms with Gasteiger partial charge in [-0.3, -0.25) is 0 Å². The van der Waals surface area contributed by atoms with Gasteiger partial charge in [0, 0.05) is 20.1 Å². The fraction of sp³-hybridized carbons (Fsp3) is 0.538. The van der Waals surface area contributed by atoms with Crippen molar-refractivity contribution in [3.63, 3.8) is 0 Å². The van der Waals surface area contributed by atoms with Gasteiger partial charge in [-0.2, -0.15) is 0 Å². The molecule has 0 saturated carbocycles. The second-order valence-electron chi connectivity index (χ2n) is 4.40. The van der Waals surface area contributed by atoms with Crippen LogP contribution in [0, 0.1) is 0 Å². The zero-order valence-corrected chi connectivity index (χ0v) is 12.1. The predicted molar refractivity (Wildman–Crippen MR) is 74.8 cm³/mol. The van der Waals surface area contributed by atoms with E-state index in [9.17, 15) is 8.42 Å². The fourth-order valence-corrected chi connectivity index (χ4v) is 2.96. The topological polar surface area (TPSA) is 49.4 Å². The van der Waals surface area contributed by atoms with Crippen LogP contribution in [0.1, 0.15) is 19.4 Å². The average molecular weight is 270 g/mol. The smallest absolute Gasteiger partial charge is 0.218 e. The molecule has 0 heterocycles. The van der Waals surface area contributed by atoms with E-state index >= 15 is 0 Å². The monoisotopic (exact) mass is 270 g/mol. The van der Waals surface area contributed by atoms with Crippen LogP contribution in [0.25, 0.3) is 0 Å². The molecule has 1 aromatic carbocycles. The van der Waals surface area contributed by atoms with Crippen LogP contribution in [-0.2, 0) is 16.6 Å². The SMILES string of the molecule is CCNCC(C)S(=O)(=O)N(C)Cc1ccccc1. The highest BCUT2D eigenvalue weighted by atomic mass is 32.2. The van der Waals surface area contributed by atoms with Crippen molar-refractivity contribution in [1.82, 2.24) is 9.62 Å². The maximum absolute atomic E-state index is 12.2. The number of sulfonamides is 1. The van der Waals surface area contributed by atoms with E-state index in [-0.39, 0.29) is 0 Å². The molecule has 1 N–H and O–H groups in total. The summed E-state index contributed by atoms with van der Waals surface area (Å²) in [6.45, 7) is 5.38. The summed E-state index contributed by atoms with van der Waals surface area (Å²) in [5, 5.41) is 2.66. The summed E-state index contributed by atoms with van der Waals surface area (Å²) < 4.78 is 25.9. The summed E-state index contributed by atoms with van der Waals surface area (Å²) in [5.74, 6) is 0. The summed E-state index contributed by atoms with van der Waals surface area (Å²) >= 11 is 0. The van der Waals surface area contributed by atoms with E-state index in [4.69, 9.17) is 0 Å². The Kier molecular flexibility index (Phi) is 5.78. The fourth-order valence-electron chi connectivity index (χ4n) is 1.69. The first-order chi connectivity index (χ1) is 8.48. The van der Waals surface area contributed by atoms with Crippen LogP contribution in [0.3, 0.4) is 0 Å². The first kappa shape index (κ1) is 15.1. The van der Waals surface area contributed by atoms with Crippen LogP contribution in [0.15, 0.2) is 30.3 Å². The zero-order chi connectivity index (χ0) is 13.6. The first-order valence-corrected chi connectivity index (χ1v) is 7.68. The van der Waals surface area contributed by atoms with Gasteiger partial charge in [0.25, 0.3) is 0 Å². The van der Waals surface area contributed by atoms with Gasteiger partial charge in [0.15, 0.2) is 0 Å². The third-order valence-corrected chi connectivity index (χ3v) is 5.05. The van der Waals surface area contributed by atoms with Crippen LogP contribution in [0.4, 0.5) is 0 Å². The summed E-state index contributed by atoms with van der Waals surface area (Å²) in [7, 11) is -1.61. The highest BCUT2D eigenvalue weighted by molar-refractivity contribution is 7.89. The highest BCUT2D eigenvalue weighted by Gasteiger charge is 2.25. The van der Waals surface area contributed by atoms with Gasteiger partial charge < -0.3 is 5.32 Å². The largest absolute Gasteiger partial charge is 0.316 e. The van der Waals surface area contributed by atoms with Gasteiger partial charge in [-0.15, -0.1) is 0 Å². The van der Waals surface area contributed by atoms with Gasteiger partial charge >= 0.3 is 0 Å². The standard InChI is InChI=1S/C13H22N2O2S/c1-4-14-10-12(2)18(16,17)15(3)11-13-8-6-5-7-9-13/h5-9,12,14H,4,10-11H2,1-3H3. The number of hydrogen-bond acceptors (Lipinski definition) is 3. The summed E-state index contributed by atoms with van der Waals surface area (Å²) in [6, 6.07) is 9.61.